The molecule has 0 unspecified atom stereocenters. The molecule has 20 heavy (non-hydrogen) atoms. The molecule has 2 aromatic carbocycles. The van der Waals surface area contributed by atoms with Gasteiger partial charge in [-0.3, -0.25) is 4.79 Å². The minimum atomic E-state index is -0.542. The first-order valence-electron chi connectivity index (χ1n) is 6.45. The van der Waals surface area contributed by atoms with Crippen molar-refractivity contribution in [3.05, 3.63) is 63.9 Å². The summed E-state index contributed by atoms with van der Waals surface area (Å²) >= 11 is 3.16. The minimum Gasteiger partial charge on any atom is -0.322 e. The molecule has 104 valence electrons. The Balaban J connectivity index is 2.11. The van der Waals surface area contributed by atoms with Crippen LogP contribution in [0.4, 0.5) is 10.1 Å². The summed E-state index contributed by atoms with van der Waals surface area (Å²) < 4.78 is 14.3. The number of hydrogen-bond acceptors (Lipinski definition) is 1. The van der Waals surface area contributed by atoms with E-state index in [9.17, 15) is 9.18 Å². The Morgan fingerprint density at radius 2 is 1.90 bits per heavy atom. The first-order valence-corrected chi connectivity index (χ1v) is 7.25. The third-order valence-corrected chi connectivity index (χ3v) is 3.42. The van der Waals surface area contributed by atoms with Crippen LogP contribution < -0.4 is 5.32 Å². The Morgan fingerprint density at radius 1 is 1.20 bits per heavy atom. The molecule has 0 heterocycles. The predicted octanol–water partition coefficient (Wildman–Crippen LogP) is 4.79. The highest BCUT2D eigenvalue weighted by Crippen LogP contribution is 2.17. The fourth-order valence-electron chi connectivity index (χ4n) is 1.92. The average Bonchev–Trinajstić information content (AvgIpc) is 2.41. The van der Waals surface area contributed by atoms with Gasteiger partial charge in [-0.05, 0) is 42.3 Å². The molecule has 0 aliphatic heterocycles. The number of rotatable bonds is 4. The number of hydrogen-bond donors (Lipinski definition) is 1. The lowest BCUT2D eigenvalue weighted by molar-refractivity contribution is 0.102. The maximum absolute atomic E-state index is 13.7. The number of carbonyl (C=O) groups excluding carboxylic acids is 1. The lowest BCUT2D eigenvalue weighted by Gasteiger charge is -2.07. The Kier molecular flexibility index (Phi) is 4.90. The van der Waals surface area contributed by atoms with Crippen LogP contribution in [0.2, 0.25) is 0 Å². The zero-order valence-corrected chi connectivity index (χ0v) is 12.7. The number of anilines is 1. The Morgan fingerprint density at radius 3 is 2.50 bits per heavy atom. The van der Waals surface area contributed by atoms with Crippen molar-refractivity contribution in [2.24, 2.45) is 0 Å². The van der Waals surface area contributed by atoms with E-state index in [-0.39, 0.29) is 5.56 Å². The van der Waals surface area contributed by atoms with E-state index in [0.29, 0.717) is 10.2 Å². The SMILES string of the molecule is CCCc1ccc(NC(=O)c2ccc(Br)cc2F)cc1. The summed E-state index contributed by atoms with van der Waals surface area (Å²) in [6, 6.07) is 12.0. The first-order chi connectivity index (χ1) is 9.60. The fraction of sp³-hybridized carbons (Fsp3) is 0.188. The van der Waals surface area contributed by atoms with Crippen LogP contribution in [0, 0.1) is 5.82 Å². The topological polar surface area (TPSA) is 29.1 Å². The number of carbonyl (C=O) groups is 1. The van der Waals surface area contributed by atoms with E-state index in [1.807, 2.05) is 24.3 Å². The van der Waals surface area contributed by atoms with Gasteiger partial charge in [-0.1, -0.05) is 41.4 Å². The van der Waals surface area contributed by atoms with Gasteiger partial charge in [0.2, 0.25) is 0 Å². The standard InChI is InChI=1S/C16H15BrFNO/c1-2-3-11-4-7-13(8-5-11)19-16(20)14-9-6-12(17)10-15(14)18/h4-10H,2-3H2,1H3,(H,19,20). The lowest BCUT2D eigenvalue weighted by Crippen LogP contribution is -2.13. The van der Waals surface area contributed by atoms with E-state index in [1.165, 1.54) is 17.7 Å². The number of aryl methyl sites for hydroxylation is 1. The monoisotopic (exact) mass is 335 g/mol. The van der Waals surface area contributed by atoms with Crippen molar-refractivity contribution < 1.29 is 9.18 Å². The largest absolute Gasteiger partial charge is 0.322 e. The summed E-state index contributed by atoms with van der Waals surface area (Å²) in [4.78, 5) is 12.0. The normalized spacial score (nSPS) is 10.3. The number of halogens is 2. The Bertz CT molecular complexity index is 610. The molecule has 4 heteroatoms. The molecule has 0 radical (unpaired) electrons. The van der Waals surface area contributed by atoms with Gasteiger partial charge in [0.1, 0.15) is 5.82 Å². The second-order valence-electron chi connectivity index (χ2n) is 4.53. The van der Waals surface area contributed by atoms with Crippen molar-refractivity contribution >= 4 is 27.5 Å². The molecule has 1 N–H and O–H groups in total. The third-order valence-electron chi connectivity index (χ3n) is 2.93. The van der Waals surface area contributed by atoms with Crippen LogP contribution in [0.3, 0.4) is 0 Å². The predicted molar refractivity (Wildman–Crippen MR) is 82.5 cm³/mol. The number of nitrogens with one attached hydrogen (secondary N) is 1. The lowest BCUT2D eigenvalue weighted by atomic mass is 10.1. The van der Waals surface area contributed by atoms with Crippen molar-refractivity contribution in [2.45, 2.75) is 19.8 Å². The van der Waals surface area contributed by atoms with Crippen molar-refractivity contribution in [1.82, 2.24) is 0 Å². The molecule has 0 saturated carbocycles. The van der Waals surface area contributed by atoms with E-state index in [0.717, 1.165) is 12.8 Å². The van der Waals surface area contributed by atoms with E-state index >= 15 is 0 Å². The molecule has 0 aliphatic rings. The van der Waals surface area contributed by atoms with Crippen molar-refractivity contribution in [3.63, 3.8) is 0 Å². The van der Waals surface area contributed by atoms with Gasteiger partial charge in [-0.15, -0.1) is 0 Å². The van der Waals surface area contributed by atoms with Crippen molar-refractivity contribution in [2.75, 3.05) is 5.32 Å². The van der Waals surface area contributed by atoms with E-state index in [4.69, 9.17) is 0 Å². The summed E-state index contributed by atoms with van der Waals surface area (Å²) in [6.45, 7) is 2.12. The number of benzene rings is 2. The molecule has 0 spiro atoms. The van der Waals surface area contributed by atoms with Gasteiger partial charge in [0.25, 0.3) is 5.91 Å². The van der Waals surface area contributed by atoms with Gasteiger partial charge < -0.3 is 5.32 Å². The molecule has 0 fully saturated rings. The van der Waals surface area contributed by atoms with Crippen LogP contribution in [-0.4, -0.2) is 5.91 Å². The van der Waals surface area contributed by atoms with Crippen LogP contribution in [0.1, 0.15) is 29.3 Å². The molecule has 0 bridgehead atoms. The Hall–Kier alpha value is -1.68. The first kappa shape index (κ1) is 14.7. The molecule has 0 saturated heterocycles. The zero-order valence-electron chi connectivity index (χ0n) is 11.1. The minimum absolute atomic E-state index is 0.0332. The van der Waals surface area contributed by atoms with Crippen LogP contribution in [-0.2, 0) is 6.42 Å². The molecule has 2 rings (SSSR count). The van der Waals surface area contributed by atoms with Crippen LogP contribution in [0.25, 0.3) is 0 Å². The smallest absolute Gasteiger partial charge is 0.258 e. The highest BCUT2D eigenvalue weighted by molar-refractivity contribution is 9.10. The maximum Gasteiger partial charge on any atom is 0.258 e. The van der Waals surface area contributed by atoms with E-state index < -0.39 is 11.7 Å². The third kappa shape index (κ3) is 3.67. The van der Waals surface area contributed by atoms with Crippen molar-refractivity contribution in [1.29, 1.82) is 0 Å². The van der Waals surface area contributed by atoms with Crippen LogP contribution in [0.15, 0.2) is 46.9 Å². The summed E-state index contributed by atoms with van der Waals surface area (Å²) in [5.74, 6) is -0.988. The quantitative estimate of drug-likeness (QED) is 0.854. The second kappa shape index (κ2) is 6.66. The van der Waals surface area contributed by atoms with Crippen LogP contribution in [0.5, 0.6) is 0 Å². The number of amides is 1. The zero-order chi connectivity index (χ0) is 14.5. The van der Waals surface area contributed by atoms with E-state index in [1.54, 1.807) is 6.07 Å². The average molecular weight is 336 g/mol. The van der Waals surface area contributed by atoms with Gasteiger partial charge in [-0.25, -0.2) is 4.39 Å². The summed E-state index contributed by atoms with van der Waals surface area (Å²) in [6.07, 6.45) is 2.09. The Labute approximate surface area is 126 Å². The van der Waals surface area contributed by atoms with Gasteiger partial charge >= 0.3 is 0 Å². The maximum atomic E-state index is 13.7. The molecule has 0 aromatic heterocycles. The van der Waals surface area contributed by atoms with Crippen molar-refractivity contribution in [3.8, 4) is 0 Å². The van der Waals surface area contributed by atoms with E-state index in [2.05, 4.69) is 28.2 Å². The van der Waals surface area contributed by atoms with Gasteiger partial charge in [-0.2, -0.15) is 0 Å². The second-order valence-corrected chi connectivity index (χ2v) is 5.44. The summed E-state index contributed by atoms with van der Waals surface area (Å²) in [7, 11) is 0. The molecule has 2 aromatic rings. The molecular weight excluding hydrogens is 321 g/mol. The van der Waals surface area contributed by atoms with Gasteiger partial charge in [0.05, 0.1) is 5.56 Å². The van der Waals surface area contributed by atoms with Crippen LogP contribution >= 0.6 is 15.9 Å². The fourth-order valence-corrected chi connectivity index (χ4v) is 2.25. The van der Waals surface area contributed by atoms with Gasteiger partial charge in [0, 0.05) is 10.2 Å². The molecule has 0 aliphatic carbocycles. The molecule has 2 nitrogen and oxygen atoms in total. The molecule has 1 amide bonds. The summed E-state index contributed by atoms with van der Waals surface area (Å²) in [5, 5.41) is 2.69. The summed E-state index contributed by atoms with van der Waals surface area (Å²) in [5.41, 5.74) is 1.92. The molecular formula is C16H15BrFNO. The highest BCUT2D eigenvalue weighted by Gasteiger charge is 2.12. The molecule has 0 atom stereocenters. The van der Waals surface area contributed by atoms with Gasteiger partial charge in [0.15, 0.2) is 0 Å². The highest BCUT2D eigenvalue weighted by atomic mass is 79.9.